The molecule has 3 nitrogen and oxygen atoms in total. The lowest BCUT2D eigenvalue weighted by Crippen LogP contribution is -2.28. The van der Waals surface area contributed by atoms with E-state index in [-0.39, 0.29) is 12.2 Å². The quantitative estimate of drug-likeness (QED) is 0.785. The Morgan fingerprint density at radius 3 is 2.47 bits per heavy atom. The Morgan fingerprint density at radius 2 is 1.74 bits per heavy atom. The Bertz CT molecular complexity index is 595. The zero-order valence-corrected chi connectivity index (χ0v) is 10.7. The molecule has 1 aliphatic heterocycles. The lowest BCUT2D eigenvalue weighted by atomic mass is 10.1. The van der Waals surface area contributed by atoms with Crippen LogP contribution in [-0.4, -0.2) is 12.5 Å². The zero-order chi connectivity index (χ0) is 13.2. The van der Waals surface area contributed by atoms with Crippen molar-refractivity contribution in [1.82, 2.24) is 0 Å². The van der Waals surface area contributed by atoms with Gasteiger partial charge in [0.2, 0.25) is 6.23 Å². The van der Waals surface area contributed by atoms with Crippen LogP contribution in [0.15, 0.2) is 54.6 Å². The normalized spacial score (nSPS) is 16.9. The molecule has 0 spiro atoms. The van der Waals surface area contributed by atoms with Crippen LogP contribution in [0.4, 0.5) is 5.69 Å². The van der Waals surface area contributed by atoms with Crippen LogP contribution in [0.3, 0.4) is 0 Å². The molecule has 3 heteroatoms. The van der Waals surface area contributed by atoms with Crippen molar-refractivity contribution in [1.29, 1.82) is 0 Å². The van der Waals surface area contributed by atoms with E-state index in [0.29, 0.717) is 5.56 Å². The number of esters is 1. The minimum atomic E-state index is -0.323. The highest BCUT2D eigenvalue weighted by Crippen LogP contribution is 2.35. The van der Waals surface area contributed by atoms with Gasteiger partial charge in [-0.2, -0.15) is 0 Å². The maximum atomic E-state index is 11.9. The minimum Gasteiger partial charge on any atom is -0.434 e. The molecule has 3 rings (SSSR count). The molecule has 19 heavy (non-hydrogen) atoms. The summed E-state index contributed by atoms with van der Waals surface area (Å²) in [6.45, 7) is 2.83. The molecule has 0 fully saturated rings. The van der Waals surface area contributed by atoms with Crippen molar-refractivity contribution >= 4 is 11.7 Å². The van der Waals surface area contributed by atoms with Gasteiger partial charge in [0.1, 0.15) is 0 Å². The van der Waals surface area contributed by atoms with E-state index < -0.39 is 0 Å². The van der Waals surface area contributed by atoms with Crippen LogP contribution in [0.5, 0.6) is 0 Å². The summed E-state index contributed by atoms with van der Waals surface area (Å²) in [4.78, 5) is 14.0. The summed E-state index contributed by atoms with van der Waals surface area (Å²) < 4.78 is 5.53. The number of benzene rings is 2. The summed E-state index contributed by atoms with van der Waals surface area (Å²) in [5, 5.41) is 0. The summed E-state index contributed by atoms with van der Waals surface area (Å²) in [5.74, 6) is -0.241. The molecule has 0 N–H and O–H groups in total. The highest BCUT2D eigenvalue weighted by molar-refractivity contribution is 5.94. The van der Waals surface area contributed by atoms with Gasteiger partial charge < -0.3 is 9.64 Å². The summed E-state index contributed by atoms with van der Waals surface area (Å²) in [6.07, 6.45) is -0.323. The monoisotopic (exact) mass is 253 g/mol. The third-order valence-corrected chi connectivity index (χ3v) is 3.38. The maximum absolute atomic E-state index is 11.9. The van der Waals surface area contributed by atoms with E-state index in [1.165, 1.54) is 0 Å². The van der Waals surface area contributed by atoms with Crippen LogP contribution < -0.4 is 4.90 Å². The molecule has 0 aromatic heterocycles. The van der Waals surface area contributed by atoms with Crippen LogP contribution in [-0.2, 0) is 4.74 Å². The molecule has 96 valence electrons. The molecular formula is C16H15NO2. The number of fused-ring (bicyclic) bond motifs is 1. The average Bonchev–Trinajstić information content (AvgIpc) is 2.79. The van der Waals surface area contributed by atoms with E-state index in [1.54, 1.807) is 0 Å². The van der Waals surface area contributed by atoms with Crippen LogP contribution in [0, 0.1) is 0 Å². The van der Waals surface area contributed by atoms with Gasteiger partial charge >= 0.3 is 5.97 Å². The van der Waals surface area contributed by atoms with Crippen LogP contribution >= 0.6 is 0 Å². The molecular weight excluding hydrogens is 238 g/mol. The average molecular weight is 253 g/mol. The number of rotatable bonds is 3. The summed E-state index contributed by atoms with van der Waals surface area (Å²) >= 11 is 0. The maximum Gasteiger partial charge on any atom is 0.340 e. The van der Waals surface area contributed by atoms with E-state index in [9.17, 15) is 4.79 Å². The number of hydrogen-bond donors (Lipinski definition) is 0. The zero-order valence-electron chi connectivity index (χ0n) is 10.7. The number of anilines is 1. The molecule has 0 aliphatic carbocycles. The van der Waals surface area contributed by atoms with Crippen molar-refractivity contribution in [2.24, 2.45) is 0 Å². The second-order valence-electron chi connectivity index (χ2n) is 4.47. The molecule has 0 saturated heterocycles. The third-order valence-electron chi connectivity index (χ3n) is 3.38. The predicted octanol–water partition coefficient (Wildman–Crippen LogP) is 3.38. The molecule has 0 radical (unpaired) electrons. The number of carbonyl (C=O) groups is 1. The molecule has 0 amide bonds. The van der Waals surface area contributed by atoms with Gasteiger partial charge in [0.25, 0.3) is 0 Å². The molecule has 0 saturated carbocycles. The molecule has 1 atom stereocenters. The van der Waals surface area contributed by atoms with Crippen molar-refractivity contribution in [2.45, 2.75) is 13.2 Å². The van der Waals surface area contributed by atoms with Crippen molar-refractivity contribution in [2.75, 3.05) is 11.4 Å². The fraction of sp³-hybridized carbons (Fsp3) is 0.188. The van der Waals surface area contributed by atoms with Gasteiger partial charge in [0.15, 0.2) is 0 Å². The Morgan fingerprint density at radius 1 is 1.05 bits per heavy atom. The molecule has 2 aromatic carbocycles. The first-order chi connectivity index (χ1) is 9.31. The lowest BCUT2D eigenvalue weighted by molar-refractivity contribution is 0.0380. The number of hydrogen-bond acceptors (Lipinski definition) is 3. The van der Waals surface area contributed by atoms with Gasteiger partial charge in [-0.1, -0.05) is 36.4 Å². The number of carbonyl (C=O) groups excluding carboxylic acids is 1. The van der Waals surface area contributed by atoms with Gasteiger partial charge in [-0.3, -0.25) is 0 Å². The Labute approximate surface area is 112 Å². The standard InChI is InChI=1S/C16H15NO2/c1-2-17(12-8-4-3-5-9-12)15-13-10-6-7-11-14(13)16(18)19-15/h3-11,15H,2H2,1H3. The van der Waals surface area contributed by atoms with Crippen molar-refractivity contribution in [3.05, 3.63) is 65.7 Å². The Hall–Kier alpha value is -2.29. The second kappa shape index (κ2) is 4.76. The first-order valence-corrected chi connectivity index (χ1v) is 6.43. The smallest absolute Gasteiger partial charge is 0.340 e. The molecule has 1 unspecified atom stereocenters. The van der Waals surface area contributed by atoms with Gasteiger partial charge in [0, 0.05) is 17.8 Å². The Kier molecular flexibility index (Phi) is 2.95. The van der Waals surface area contributed by atoms with Crippen molar-refractivity contribution in [3.8, 4) is 0 Å². The Balaban J connectivity index is 2.01. The van der Waals surface area contributed by atoms with E-state index in [2.05, 4.69) is 11.8 Å². The fourth-order valence-electron chi connectivity index (χ4n) is 2.46. The predicted molar refractivity (Wildman–Crippen MR) is 74.1 cm³/mol. The van der Waals surface area contributed by atoms with Gasteiger partial charge in [-0.05, 0) is 25.1 Å². The largest absolute Gasteiger partial charge is 0.434 e. The van der Waals surface area contributed by atoms with Crippen LogP contribution in [0.25, 0.3) is 0 Å². The van der Waals surface area contributed by atoms with Crippen LogP contribution in [0.2, 0.25) is 0 Å². The topological polar surface area (TPSA) is 29.5 Å². The minimum absolute atomic E-state index is 0.241. The van der Waals surface area contributed by atoms with E-state index in [1.807, 2.05) is 54.6 Å². The summed E-state index contributed by atoms with van der Waals surface area (Å²) in [6, 6.07) is 17.6. The summed E-state index contributed by atoms with van der Waals surface area (Å²) in [5.41, 5.74) is 2.67. The number of nitrogens with zero attached hydrogens (tertiary/aromatic N) is 1. The first kappa shape index (κ1) is 11.8. The molecule has 1 aliphatic rings. The number of ether oxygens (including phenoxy) is 1. The SMILES string of the molecule is CCN(c1ccccc1)C1OC(=O)c2ccccc21. The lowest BCUT2D eigenvalue weighted by Gasteiger charge is -2.29. The second-order valence-corrected chi connectivity index (χ2v) is 4.47. The number of para-hydroxylation sites is 1. The van der Waals surface area contributed by atoms with E-state index >= 15 is 0 Å². The molecule has 0 bridgehead atoms. The highest BCUT2D eigenvalue weighted by atomic mass is 16.6. The van der Waals surface area contributed by atoms with Crippen molar-refractivity contribution < 1.29 is 9.53 Å². The fourth-order valence-corrected chi connectivity index (χ4v) is 2.46. The third kappa shape index (κ3) is 1.97. The molecule has 1 heterocycles. The van der Waals surface area contributed by atoms with E-state index in [4.69, 9.17) is 4.74 Å². The first-order valence-electron chi connectivity index (χ1n) is 6.43. The highest BCUT2D eigenvalue weighted by Gasteiger charge is 2.34. The van der Waals surface area contributed by atoms with E-state index in [0.717, 1.165) is 17.8 Å². The summed E-state index contributed by atoms with van der Waals surface area (Å²) in [7, 11) is 0. The van der Waals surface area contributed by atoms with Gasteiger partial charge in [-0.25, -0.2) is 4.79 Å². The van der Waals surface area contributed by atoms with Gasteiger partial charge in [0.05, 0.1) is 5.56 Å². The van der Waals surface area contributed by atoms with Crippen LogP contribution in [0.1, 0.15) is 29.1 Å². The van der Waals surface area contributed by atoms with Gasteiger partial charge in [-0.15, -0.1) is 0 Å². The van der Waals surface area contributed by atoms with Crippen molar-refractivity contribution in [3.63, 3.8) is 0 Å². The number of cyclic esters (lactones) is 1. The molecule has 2 aromatic rings.